The first-order chi connectivity index (χ1) is 8.24. The minimum atomic E-state index is -0.331. The number of halogens is 1. The molecule has 1 aromatic rings. The third-order valence-corrected chi connectivity index (χ3v) is 2.35. The molecule has 0 aromatic heterocycles. The van der Waals surface area contributed by atoms with Gasteiger partial charge in [0.25, 0.3) is 5.91 Å². The molecule has 2 rings (SSSR count). The van der Waals surface area contributed by atoms with Gasteiger partial charge >= 0.3 is 0 Å². The van der Waals surface area contributed by atoms with Crippen LogP contribution in [0.15, 0.2) is 24.3 Å². The van der Waals surface area contributed by atoms with Crippen molar-refractivity contribution < 1.29 is 13.9 Å². The molecule has 1 aromatic carbocycles. The molecule has 1 atom stereocenters. The fourth-order valence-electron chi connectivity index (χ4n) is 1.51. The van der Waals surface area contributed by atoms with Gasteiger partial charge in [-0.1, -0.05) is 0 Å². The highest BCUT2D eigenvalue weighted by Crippen LogP contribution is 2.10. The second-order valence-electron chi connectivity index (χ2n) is 3.72. The van der Waals surface area contributed by atoms with Crippen LogP contribution < -0.4 is 20.9 Å². The first kappa shape index (κ1) is 11.8. The largest absolute Gasteiger partial charge is 0.484 e. The molecular formula is C11H14FN3O2. The van der Waals surface area contributed by atoms with Gasteiger partial charge in [0, 0.05) is 6.54 Å². The Labute approximate surface area is 98.3 Å². The number of carbonyl (C=O) groups excluding carboxylic acids is 1. The van der Waals surface area contributed by atoms with E-state index in [2.05, 4.69) is 16.2 Å². The van der Waals surface area contributed by atoms with Crippen LogP contribution >= 0.6 is 0 Å². The summed E-state index contributed by atoms with van der Waals surface area (Å²) < 4.78 is 17.8. The van der Waals surface area contributed by atoms with Crippen LogP contribution in [0.1, 0.15) is 6.42 Å². The number of hydrogen-bond acceptors (Lipinski definition) is 4. The molecule has 1 saturated heterocycles. The number of nitrogens with one attached hydrogen (secondary N) is 3. The van der Waals surface area contributed by atoms with Crippen molar-refractivity contribution in [3.05, 3.63) is 30.1 Å². The van der Waals surface area contributed by atoms with E-state index >= 15 is 0 Å². The summed E-state index contributed by atoms with van der Waals surface area (Å²) in [6.45, 7) is 0.744. The molecule has 0 spiro atoms. The van der Waals surface area contributed by atoms with Gasteiger partial charge in [-0.15, -0.1) is 0 Å². The highest BCUT2D eigenvalue weighted by atomic mass is 19.1. The van der Waals surface area contributed by atoms with Crippen LogP contribution in [0.5, 0.6) is 5.75 Å². The molecule has 0 radical (unpaired) electrons. The van der Waals surface area contributed by atoms with Crippen molar-refractivity contribution in [1.29, 1.82) is 0 Å². The highest BCUT2D eigenvalue weighted by molar-refractivity contribution is 5.77. The van der Waals surface area contributed by atoms with Gasteiger partial charge in [0.15, 0.2) is 6.61 Å². The lowest BCUT2D eigenvalue weighted by Crippen LogP contribution is -2.45. The molecule has 1 aliphatic rings. The number of hydrogen-bond donors (Lipinski definition) is 3. The molecule has 3 N–H and O–H groups in total. The summed E-state index contributed by atoms with van der Waals surface area (Å²) in [5.41, 5.74) is 5.82. The van der Waals surface area contributed by atoms with E-state index in [4.69, 9.17) is 4.74 Å². The van der Waals surface area contributed by atoms with Crippen molar-refractivity contribution in [2.45, 2.75) is 12.6 Å². The van der Waals surface area contributed by atoms with Crippen LogP contribution in [-0.2, 0) is 4.79 Å². The predicted octanol–water partition coefficient (Wildman–Crippen LogP) is 0.145. The van der Waals surface area contributed by atoms with Crippen molar-refractivity contribution in [3.8, 4) is 5.75 Å². The van der Waals surface area contributed by atoms with E-state index in [0.29, 0.717) is 5.75 Å². The third kappa shape index (κ3) is 3.69. The standard InChI is InChI=1S/C11H14FN3O2/c12-8-1-3-9(4-2-8)17-7-11(16)14-10-5-6-13-15-10/h1-4,10,13,15H,5-7H2,(H,14,16). The molecule has 17 heavy (non-hydrogen) atoms. The van der Waals surface area contributed by atoms with E-state index in [9.17, 15) is 9.18 Å². The van der Waals surface area contributed by atoms with Crippen molar-refractivity contribution in [2.75, 3.05) is 13.2 Å². The predicted molar refractivity (Wildman–Crippen MR) is 59.6 cm³/mol. The summed E-state index contributed by atoms with van der Waals surface area (Å²) in [5, 5.41) is 2.75. The number of rotatable bonds is 4. The number of amides is 1. The van der Waals surface area contributed by atoms with E-state index in [1.807, 2.05) is 0 Å². The second-order valence-corrected chi connectivity index (χ2v) is 3.72. The number of carbonyl (C=O) groups is 1. The molecule has 5 nitrogen and oxygen atoms in total. The zero-order chi connectivity index (χ0) is 12.1. The van der Waals surface area contributed by atoms with Gasteiger partial charge in [-0.3, -0.25) is 10.2 Å². The number of hydrazine groups is 1. The molecule has 0 aliphatic carbocycles. The van der Waals surface area contributed by atoms with Gasteiger partial charge in [0.2, 0.25) is 0 Å². The first-order valence-electron chi connectivity index (χ1n) is 5.40. The van der Waals surface area contributed by atoms with Crippen LogP contribution in [0.3, 0.4) is 0 Å². The van der Waals surface area contributed by atoms with E-state index in [1.54, 1.807) is 0 Å². The fourth-order valence-corrected chi connectivity index (χ4v) is 1.51. The van der Waals surface area contributed by atoms with Gasteiger partial charge in [-0.2, -0.15) is 0 Å². The Hall–Kier alpha value is -1.66. The van der Waals surface area contributed by atoms with Crippen molar-refractivity contribution in [3.63, 3.8) is 0 Å². The number of ether oxygens (including phenoxy) is 1. The lowest BCUT2D eigenvalue weighted by Gasteiger charge is -2.12. The zero-order valence-electron chi connectivity index (χ0n) is 9.20. The lowest BCUT2D eigenvalue weighted by molar-refractivity contribution is -0.123. The smallest absolute Gasteiger partial charge is 0.259 e. The van der Waals surface area contributed by atoms with Gasteiger partial charge < -0.3 is 10.1 Å². The fraction of sp³-hybridized carbons (Fsp3) is 0.364. The average Bonchev–Trinajstić information content (AvgIpc) is 2.81. The van der Waals surface area contributed by atoms with E-state index < -0.39 is 0 Å². The Morgan fingerprint density at radius 1 is 1.47 bits per heavy atom. The normalized spacial score (nSPS) is 19.0. The van der Waals surface area contributed by atoms with Gasteiger partial charge in [-0.25, -0.2) is 9.82 Å². The van der Waals surface area contributed by atoms with Crippen LogP contribution in [0.2, 0.25) is 0 Å². The van der Waals surface area contributed by atoms with Crippen LogP contribution in [-0.4, -0.2) is 25.2 Å². The topological polar surface area (TPSA) is 62.4 Å². The summed E-state index contributed by atoms with van der Waals surface area (Å²) in [5.74, 6) is -0.0717. The summed E-state index contributed by atoms with van der Waals surface area (Å²) in [6.07, 6.45) is 0.779. The maximum atomic E-state index is 12.6. The van der Waals surface area contributed by atoms with E-state index in [0.717, 1.165) is 13.0 Å². The lowest BCUT2D eigenvalue weighted by atomic mass is 10.3. The van der Waals surface area contributed by atoms with Crippen molar-refractivity contribution in [2.24, 2.45) is 0 Å². The molecule has 1 heterocycles. The first-order valence-corrected chi connectivity index (χ1v) is 5.40. The number of benzene rings is 1. The van der Waals surface area contributed by atoms with Gasteiger partial charge in [0.05, 0.1) is 6.17 Å². The van der Waals surface area contributed by atoms with Crippen LogP contribution in [0, 0.1) is 5.82 Å². The van der Waals surface area contributed by atoms with E-state index in [1.165, 1.54) is 24.3 Å². The van der Waals surface area contributed by atoms with Crippen molar-refractivity contribution in [1.82, 2.24) is 16.2 Å². The van der Waals surface area contributed by atoms with Crippen LogP contribution in [0.25, 0.3) is 0 Å². The SMILES string of the molecule is O=C(COc1ccc(F)cc1)NC1CCNN1. The molecule has 1 aliphatic heterocycles. The summed E-state index contributed by atoms with van der Waals surface area (Å²) in [4.78, 5) is 11.5. The third-order valence-electron chi connectivity index (χ3n) is 2.35. The Balaban J connectivity index is 1.73. The Morgan fingerprint density at radius 2 is 2.24 bits per heavy atom. The second kappa shape index (κ2) is 5.60. The Morgan fingerprint density at radius 3 is 2.88 bits per heavy atom. The van der Waals surface area contributed by atoms with Gasteiger partial charge in [-0.05, 0) is 30.7 Å². The maximum Gasteiger partial charge on any atom is 0.259 e. The molecule has 6 heteroatoms. The van der Waals surface area contributed by atoms with Crippen molar-refractivity contribution >= 4 is 5.91 Å². The molecular weight excluding hydrogens is 225 g/mol. The molecule has 0 saturated carbocycles. The monoisotopic (exact) mass is 239 g/mol. The van der Waals surface area contributed by atoms with Crippen LogP contribution in [0.4, 0.5) is 4.39 Å². The minimum Gasteiger partial charge on any atom is -0.484 e. The molecule has 1 fully saturated rings. The Bertz CT molecular complexity index is 377. The quantitative estimate of drug-likeness (QED) is 0.699. The summed E-state index contributed by atoms with van der Waals surface area (Å²) in [7, 11) is 0. The maximum absolute atomic E-state index is 12.6. The highest BCUT2D eigenvalue weighted by Gasteiger charge is 2.15. The zero-order valence-corrected chi connectivity index (χ0v) is 9.20. The minimum absolute atomic E-state index is 0.0562. The molecule has 1 unspecified atom stereocenters. The summed E-state index contributed by atoms with van der Waals surface area (Å²) in [6, 6.07) is 5.54. The van der Waals surface area contributed by atoms with E-state index in [-0.39, 0.29) is 24.5 Å². The molecule has 1 amide bonds. The summed E-state index contributed by atoms with van der Waals surface area (Å²) >= 11 is 0. The molecule has 92 valence electrons. The average molecular weight is 239 g/mol. The Kier molecular flexibility index (Phi) is 3.89. The molecule has 0 bridgehead atoms. The van der Waals surface area contributed by atoms with Gasteiger partial charge in [0.1, 0.15) is 11.6 Å².